The van der Waals surface area contributed by atoms with E-state index in [2.05, 4.69) is 10.6 Å². The quantitative estimate of drug-likeness (QED) is 0.503. The minimum Gasteiger partial charge on any atom is -0.334 e. The van der Waals surface area contributed by atoms with Crippen LogP contribution in [0.4, 0.5) is 4.79 Å². The molecule has 0 aromatic heterocycles. The number of hydroxylamine groups is 1. The first-order valence-corrected chi connectivity index (χ1v) is 6.36. The highest BCUT2D eigenvalue weighted by Crippen LogP contribution is 2.13. The lowest BCUT2D eigenvalue weighted by Crippen LogP contribution is -2.47. The molecule has 0 spiro atoms. The SMILES string of the molecule is CC(NC(=O)NC(C)(C)C)c1ccc(C(=O)NO)cc1. The molecular weight excluding hydrogens is 258 g/mol. The van der Waals surface area contributed by atoms with Crippen LogP contribution >= 0.6 is 0 Å². The number of benzene rings is 1. The van der Waals surface area contributed by atoms with Crippen molar-refractivity contribution in [2.24, 2.45) is 0 Å². The van der Waals surface area contributed by atoms with Crippen molar-refractivity contribution in [3.05, 3.63) is 35.4 Å². The second kappa shape index (κ2) is 6.38. The maximum atomic E-state index is 11.7. The molecule has 0 aliphatic rings. The third kappa shape index (κ3) is 4.89. The zero-order chi connectivity index (χ0) is 15.3. The van der Waals surface area contributed by atoms with Crippen LogP contribution in [0.3, 0.4) is 0 Å². The number of amides is 3. The number of nitrogens with one attached hydrogen (secondary N) is 3. The minimum atomic E-state index is -0.567. The molecule has 6 nitrogen and oxygen atoms in total. The summed E-state index contributed by atoms with van der Waals surface area (Å²) < 4.78 is 0. The van der Waals surface area contributed by atoms with Gasteiger partial charge in [0.05, 0.1) is 6.04 Å². The Morgan fingerprint density at radius 3 is 2.15 bits per heavy atom. The summed E-state index contributed by atoms with van der Waals surface area (Å²) in [5.74, 6) is -0.567. The summed E-state index contributed by atoms with van der Waals surface area (Å²) in [7, 11) is 0. The van der Waals surface area contributed by atoms with Crippen LogP contribution < -0.4 is 16.1 Å². The van der Waals surface area contributed by atoms with E-state index in [0.717, 1.165) is 5.56 Å². The van der Waals surface area contributed by atoms with Crippen LogP contribution in [0, 0.1) is 0 Å². The maximum Gasteiger partial charge on any atom is 0.315 e. The van der Waals surface area contributed by atoms with E-state index in [1.54, 1.807) is 29.7 Å². The van der Waals surface area contributed by atoms with E-state index in [-0.39, 0.29) is 17.6 Å². The van der Waals surface area contributed by atoms with Gasteiger partial charge < -0.3 is 10.6 Å². The van der Waals surface area contributed by atoms with Crippen LogP contribution in [0.1, 0.15) is 49.7 Å². The van der Waals surface area contributed by atoms with Crippen molar-refractivity contribution in [2.75, 3.05) is 0 Å². The van der Waals surface area contributed by atoms with E-state index in [0.29, 0.717) is 5.56 Å². The molecule has 1 unspecified atom stereocenters. The lowest BCUT2D eigenvalue weighted by atomic mass is 10.1. The van der Waals surface area contributed by atoms with E-state index in [9.17, 15) is 9.59 Å². The van der Waals surface area contributed by atoms with Crippen molar-refractivity contribution in [1.29, 1.82) is 0 Å². The van der Waals surface area contributed by atoms with Crippen LogP contribution in [-0.2, 0) is 0 Å². The van der Waals surface area contributed by atoms with Crippen molar-refractivity contribution in [1.82, 2.24) is 16.1 Å². The molecule has 1 atom stereocenters. The summed E-state index contributed by atoms with van der Waals surface area (Å²) in [6.07, 6.45) is 0. The summed E-state index contributed by atoms with van der Waals surface area (Å²) in [6.45, 7) is 7.56. The Morgan fingerprint density at radius 2 is 1.70 bits per heavy atom. The number of rotatable bonds is 3. The highest BCUT2D eigenvalue weighted by Gasteiger charge is 2.16. The van der Waals surface area contributed by atoms with Gasteiger partial charge in [-0.25, -0.2) is 10.3 Å². The second-order valence-electron chi connectivity index (χ2n) is 5.63. The number of carbonyl (C=O) groups is 2. The molecule has 0 aliphatic carbocycles. The smallest absolute Gasteiger partial charge is 0.315 e. The fraction of sp³-hybridized carbons (Fsp3) is 0.429. The lowest BCUT2D eigenvalue weighted by molar-refractivity contribution is 0.0706. The van der Waals surface area contributed by atoms with Crippen molar-refractivity contribution >= 4 is 11.9 Å². The Hall–Kier alpha value is -2.08. The van der Waals surface area contributed by atoms with Crippen molar-refractivity contribution in [2.45, 2.75) is 39.3 Å². The average Bonchev–Trinajstić information content (AvgIpc) is 2.35. The first kappa shape index (κ1) is 16.0. The molecule has 0 heterocycles. The van der Waals surface area contributed by atoms with E-state index < -0.39 is 5.91 Å². The second-order valence-corrected chi connectivity index (χ2v) is 5.63. The Morgan fingerprint density at radius 1 is 1.15 bits per heavy atom. The molecule has 1 aromatic rings. The molecule has 0 bridgehead atoms. The summed E-state index contributed by atoms with van der Waals surface area (Å²) in [6, 6.07) is 6.19. The van der Waals surface area contributed by atoms with Gasteiger partial charge in [0.25, 0.3) is 5.91 Å². The van der Waals surface area contributed by atoms with Gasteiger partial charge in [-0.3, -0.25) is 10.0 Å². The normalized spacial score (nSPS) is 12.4. The van der Waals surface area contributed by atoms with Gasteiger partial charge in [0, 0.05) is 11.1 Å². The van der Waals surface area contributed by atoms with E-state index in [4.69, 9.17) is 5.21 Å². The van der Waals surface area contributed by atoms with Crippen molar-refractivity contribution in [3.8, 4) is 0 Å². The van der Waals surface area contributed by atoms with Crippen molar-refractivity contribution < 1.29 is 14.8 Å². The molecule has 110 valence electrons. The highest BCUT2D eigenvalue weighted by atomic mass is 16.5. The molecule has 0 saturated heterocycles. The average molecular weight is 279 g/mol. The Labute approximate surface area is 118 Å². The first-order chi connectivity index (χ1) is 9.23. The summed E-state index contributed by atoms with van der Waals surface area (Å²) >= 11 is 0. The van der Waals surface area contributed by atoms with Gasteiger partial charge in [0.15, 0.2) is 0 Å². The Bertz CT molecular complexity index is 477. The largest absolute Gasteiger partial charge is 0.334 e. The van der Waals surface area contributed by atoms with Gasteiger partial charge in [0.1, 0.15) is 0 Å². The standard InChI is InChI=1S/C14H21N3O3/c1-9(15-13(19)16-14(2,3)4)10-5-7-11(8-6-10)12(18)17-20/h5-9,20H,1-4H3,(H,17,18)(H2,15,16,19). The van der Waals surface area contributed by atoms with Crippen LogP contribution in [-0.4, -0.2) is 22.7 Å². The zero-order valence-electron chi connectivity index (χ0n) is 12.2. The van der Waals surface area contributed by atoms with E-state index in [1.807, 2.05) is 27.7 Å². The molecule has 6 heteroatoms. The summed E-state index contributed by atoms with van der Waals surface area (Å²) in [5.41, 5.74) is 2.48. The summed E-state index contributed by atoms with van der Waals surface area (Å²) in [5, 5.41) is 14.2. The van der Waals surface area contributed by atoms with Gasteiger partial charge in [-0.1, -0.05) is 12.1 Å². The van der Waals surface area contributed by atoms with Crippen LogP contribution in [0.15, 0.2) is 24.3 Å². The summed E-state index contributed by atoms with van der Waals surface area (Å²) in [4.78, 5) is 22.9. The number of hydrogen-bond acceptors (Lipinski definition) is 3. The van der Waals surface area contributed by atoms with Crippen molar-refractivity contribution in [3.63, 3.8) is 0 Å². The molecule has 3 amide bonds. The maximum absolute atomic E-state index is 11.7. The van der Waals surface area contributed by atoms with Crippen LogP contribution in [0.2, 0.25) is 0 Å². The van der Waals surface area contributed by atoms with E-state index in [1.165, 1.54) is 0 Å². The lowest BCUT2D eigenvalue weighted by Gasteiger charge is -2.23. The molecule has 1 aromatic carbocycles. The number of carbonyl (C=O) groups excluding carboxylic acids is 2. The third-order valence-electron chi connectivity index (χ3n) is 2.61. The van der Waals surface area contributed by atoms with Gasteiger partial charge in [0.2, 0.25) is 0 Å². The number of hydrogen-bond donors (Lipinski definition) is 4. The van der Waals surface area contributed by atoms with Gasteiger partial charge >= 0.3 is 6.03 Å². The molecule has 20 heavy (non-hydrogen) atoms. The molecule has 0 aliphatic heterocycles. The monoisotopic (exact) mass is 279 g/mol. The fourth-order valence-corrected chi connectivity index (χ4v) is 1.64. The zero-order valence-corrected chi connectivity index (χ0v) is 12.2. The molecular formula is C14H21N3O3. The predicted molar refractivity (Wildman–Crippen MR) is 75.5 cm³/mol. The Balaban J connectivity index is 2.66. The Kier molecular flexibility index (Phi) is 5.10. The molecule has 1 rings (SSSR count). The van der Waals surface area contributed by atoms with Gasteiger partial charge in [-0.15, -0.1) is 0 Å². The first-order valence-electron chi connectivity index (χ1n) is 6.36. The van der Waals surface area contributed by atoms with Gasteiger partial charge in [-0.2, -0.15) is 0 Å². The molecule has 4 N–H and O–H groups in total. The molecule has 0 saturated carbocycles. The highest BCUT2D eigenvalue weighted by molar-refractivity contribution is 5.93. The van der Waals surface area contributed by atoms with Crippen LogP contribution in [0.5, 0.6) is 0 Å². The predicted octanol–water partition coefficient (Wildman–Crippen LogP) is 1.96. The molecule has 0 radical (unpaired) electrons. The topological polar surface area (TPSA) is 90.5 Å². The fourth-order valence-electron chi connectivity index (χ4n) is 1.64. The third-order valence-corrected chi connectivity index (χ3v) is 2.61. The van der Waals surface area contributed by atoms with Gasteiger partial charge in [-0.05, 0) is 45.4 Å². The van der Waals surface area contributed by atoms with E-state index >= 15 is 0 Å². The molecule has 0 fully saturated rings. The minimum absolute atomic E-state index is 0.191. The van der Waals surface area contributed by atoms with Crippen LogP contribution in [0.25, 0.3) is 0 Å². The number of urea groups is 1.